The number of amides is 4. The lowest BCUT2D eigenvalue weighted by Gasteiger charge is -2.46. The Hall–Kier alpha value is -3.70. The molecular weight excluding hydrogens is 434 g/mol. The molecule has 0 bridgehead atoms. The number of halogens is 6. The zero-order chi connectivity index (χ0) is 22.9. The van der Waals surface area contributed by atoms with E-state index in [1.54, 1.807) is 0 Å². The third kappa shape index (κ3) is 2.41. The molecule has 0 saturated carbocycles. The molecule has 0 unspecified atom stereocenters. The van der Waals surface area contributed by atoms with Crippen molar-refractivity contribution in [2.45, 2.75) is 18.0 Å². The highest BCUT2D eigenvalue weighted by atomic mass is 19.4. The van der Waals surface area contributed by atoms with Gasteiger partial charge in [-0.1, -0.05) is 24.3 Å². The normalized spacial score (nSPS) is 16.8. The minimum Gasteiger partial charge on any atom is -0.268 e. The number of hydrogen-bond acceptors (Lipinski definition) is 4. The SMILES string of the molecule is O=C1c2ccccc2C(=O)N1C(N1C(=O)c2ccccc2C1=O)(C(F)(F)F)C(F)(F)F. The Kier molecular flexibility index (Phi) is 4.08. The van der Waals surface area contributed by atoms with Gasteiger partial charge in [0.2, 0.25) is 0 Å². The van der Waals surface area contributed by atoms with Crippen molar-refractivity contribution in [2.24, 2.45) is 0 Å². The topological polar surface area (TPSA) is 74.8 Å². The molecule has 0 spiro atoms. The van der Waals surface area contributed by atoms with Crippen LogP contribution in [-0.4, -0.2) is 51.4 Å². The predicted octanol–water partition coefficient (Wildman–Crippen LogP) is 3.40. The standard InChI is InChI=1S/C19H8F6N2O4/c20-18(21,22)17(19(23,24)25,26-13(28)9-5-1-2-6-10(9)14(26)29)27-15(30)11-7-3-4-8-12(11)16(27)31/h1-8H. The van der Waals surface area contributed by atoms with Crippen molar-refractivity contribution in [3.63, 3.8) is 0 Å². The smallest absolute Gasteiger partial charge is 0.268 e. The minimum absolute atomic E-state index is 0.720. The quantitative estimate of drug-likeness (QED) is 0.528. The Morgan fingerprint density at radius 2 is 0.710 bits per heavy atom. The number of carbonyl (C=O) groups is 4. The van der Waals surface area contributed by atoms with Gasteiger partial charge in [0.05, 0.1) is 22.3 Å². The summed E-state index contributed by atoms with van der Waals surface area (Å²) >= 11 is 0. The maximum Gasteiger partial charge on any atom is 0.441 e. The van der Waals surface area contributed by atoms with E-state index in [9.17, 15) is 45.5 Å². The van der Waals surface area contributed by atoms with Gasteiger partial charge in [-0.15, -0.1) is 0 Å². The van der Waals surface area contributed by atoms with Gasteiger partial charge in [0, 0.05) is 0 Å². The maximum absolute atomic E-state index is 14.3. The number of nitrogens with zero attached hydrogens (tertiary/aromatic N) is 2. The van der Waals surface area contributed by atoms with Crippen molar-refractivity contribution in [3.8, 4) is 0 Å². The van der Waals surface area contributed by atoms with E-state index >= 15 is 0 Å². The van der Waals surface area contributed by atoms with Gasteiger partial charge in [0.15, 0.2) is 0 Å². The molecule has 2 aliphatic heterocycles. The molecule has 0 fully saturated rings. The maximum atomic E-state index is 14.3. The molecule has 2 heterocycles. The van der Waals surface area contributed by atoms with Gasteiger partial charge in [0.1, 0.15) is 0 Å². The third-order valence-electron chi connectivity index (χ3n) is 5.03. The van der Waals surface area contributed by atoms with E-state index in [0.29, 0.717) is 0 Å². The van der Waals surface area contributed by atoms with Gasteiger partial charge in [-0.2, -0.15) is 26.3 Å². The van der Waals surface area contributed by atoms with Crippen LogP contribution in [0.1, 0.15) is 41.4 Å². The molecule has 6 nitrogen and oxygen atoms in total. The first-order valence-electron chi connectivity index (χ1n) is 8.45. The predicted molar refractivity (Wildman–Crippen MR) is 88.7 cm³/mol. The van der Waals surface area contributed by atoms with Gasteiger partial charge < -0.3 is 0 Å². The van der Waals surface area contributed by atoms with Crippen molar-refractivity contribution in [1.82, 2.24) is 9.80 Å². The van der Waals surface area contributed by atoms with Crippen LogP contribution in [0.5, 0.6) is 0 Å². The second kappa shape index (κ2) is 6.15. The van der Waals surface area contributed by atoms with Crippen LogP contribution in [0.25, 0.3) is 0 Å². The number of fused-ring (bicyclic) bond motifs is 2. The summed E-state index contributed by atoms with van der Waals surface area (Å²) in [5.41, 5.74) is -8.44. The zero-order valence-corrected chi connectivity index (χ0v) is 14.9. The second-order valence-corrected chi connectivity index (χ2v) is 6.65. The summed E-state index contributed by atoms with van der Waals surface area (Å²) in [4.78, 5) is 48.4. The van der Waals surface area contributed by atoms with Crippen LogP contribution >= 0.6 is 0 Å². The van der Waals surface area contributed by atoms with E-state index in [-0.39, 0.29) is 0 Å². The first-order chi connectivity index (χ1) is 14.4. The largest absolute Gasteiger partial charge is 0.441 e. The van der Waals surface area contributed by atoms with Gasteiger partial charge >= 0.3 is 18.0 Å². The summed E-state index contributed by atoms with van der Waals surface area (Å²) in [5.74, 6) is -7.75. The van der Waals surface area contributed by atoms with Crippen LogP contribution < -0.4 is 0 Å². The van der Waals surface area contributed by atoms with E-state index in [4.69, 9.17) is 0 Å². The number of benzene rings is 2. The molecule has 0 radical (unpaired) electrons. The van der Waals surface area contributed by atoms with Crippen LogP contribution in [0.15, 0.2) is 48.5 Å². The average Bonchev–Trinajstić information content (AvgIpc) is 3.08. The van der Waals surface area contributed by atoms with E-state index < -0.39 is 73.7 Å². The first kappa shape index (κ1) is 20.6. The Balaban J connectivity index is 2.05. The van der Waals surface area contributed by atoms with Crippen molar-refractivity contribution in [2.75, 3.05) is 0 Å². The molecule has 12 heteroatoms. The number of imide groups is 2. The summed E-state index contributed by atoms with van der Waals surface area (Å²) in [6.45, 7) is 0. The average molecular weight is 442 g/mol. The molecule has 0 aromatic heterocycles. The molecule has 160 valence electrons. The molecule has 0 N–H and O–H groups in total. The van der Waals surface area contributed by atoms with E-state index in [1.165, 1.54) is 0 Å². The van der Waals surface area contributed by atoms with Crippen LogP contribution in [0.2, 0.25) is 0 Å². The Morgan fingerprint density at radius 1 is 0.484 bits per heavy atom. The summed E-state index contributed by atoms with van der Waals surface area (Å²) in [7, 11) is 0. The first-order valence-corrected chi connectivity index (χ1v) is 8.45. The van der Waals surface area contributed by atoms with E-state index in [1.807, 2.05) is 0 Å². The molecule has 4 rings (SSSR count). The van der Waals surface area contributed by atoms with Gasteiger partial charge in [-0.25, -0.2) is 9.80 Å². The number of hydrogen-bond donors (Lipinski definition) is 0. The van der Waals surface area contributed by atoms with Crippen molar-refractivity contribution in [3.05, 3.63) is 70.8 Å². The Labute approximate surface area is 168 Å². The molecule has 0 atom stereocenters. The molecule has 4 amide bonds. The number of alkyl halides is 6. The number of rotatable bonds is 2. The summed E-state index contributed by atoms with van der Waals surface area (Å²) in [6.07, 6.45) is -13.0. The fraction of sp³-hybridized carbons (Fsp3) is 0.158. The highest BCUT2D eigenvalue weighted by Gasteiger charge is 2.83. The fourth-order valence-corrected chi connectivity index (χ4v) is 3.73. The van der Waals surface area contributed by atoms with Crippen molar-refractivity contribution < 1.29 is 45.5 Å². The molecule has 31 heavy (non-hydrogen) atoms. The highest BCUT2D eigenvalue weighted by Crippen LogP contribution is 2.53. The van der Waals surface area contributed by atoms with Gasteiger partial charge in [-0.05, 0) is 24.3 Å². The zero-order valence-electron chi connectivity index (χ0n) is 14.9. The van der Waals surface area contributed by atoms with Crippen molar-refractivity contribution >= 4 is 23.6 Å². The molecular formula is C19H8F6N2O4. The van der Waals surface area contributed by atoms with Crippen LogP contribution in [0, 0.1) is 0 Å². The highest BCUT2D eigenvalue weighted by molar-refractivity contribution is 6.25. The van der Waals surface area contributed by atoms with Gasteiger partial charge in [-0.3, -0.25) is 19.2 Å². The summed E-state index contributed by atoms with van der Waals surface area (Å²) < 4.78 is 85.8. The lowest BCUT2D eigenvalue weighted by atomic mass is 10.0. The second-order valence-electron chi connectivity index (χ2n) is 6.65. The Morgan fingerprint density at radius 3 is 0.903 bits per heavy atom. The summed E-state index contributed by atoms with van der Waals surface area (Å²) in [5, 5.41) is 0. The fourth-order valence-electron chi connectivity index (χ4n) is 3.73. The molecule has 2 aromatic rings. The van der Waals surface area contributed by atoms with Crippen LogP contribution in [0.4, 0.5) is 26.3 Å². The molecule has 2 aliphatic rings. The van der Waals surface area contributed by atoms with Crippen LogP contribution in [-0.2, 0) is 0 Å². The third-order valence-corrected chi connectivity index (χ3v) is 5.03. The van der Waals surface area contributed by atoms with Crippen molar-refractivity contribution in [1.29, 1.82) is 0 Å². The monoisotopic (exact) mass is 442 g/mol. The van der Waals surface area contributed by atoms with E-state index in [0.717, 1.165) is 48.5 Å². The minimum atomic E-state index is -6.48. The lowest BCUT2D eigenvalue weighted by Crippen LogP contribution is -2.78. The molecule has 0 aliphatic carbocycles. The molecule has 2 aromatic carbocycles. The van der Waals surface area contributed by atoms with Gasteiger partial charge in [0.25, 0.3) is 23.6 Å². The van der Waals surface area contributed by atoms with E-state index in [2.05, 4.69) is 0 Å². The van der Waals surface area contributed by atoms with Crippen LogP contribution in [0.3, 0.4) is 0 Å². The summed E-state index contributed by atoms with van der Waals surface area (Å²) in [6, 6.07) is 8.03. The Bertz CT molecular complexity index is 1010. The lowest BCUT2D eigenvalue weighted by molar-refractivity contribution is -0.354. The number of carbonyl (C=O) groups excluding carboxylic acids is 4. The molecule has 0 saturated heterocycles.